The second-order valence-corrected chi connectivity index (χ2v) is 5.19. The van der Waals surface area contributed by atoms with Gasteiger partial charge < -0.3 is 9.73 Å². The van der Waals surface area contributed by atoms with Gasteiger partial charge in [-0.3, -0.25) is 4.79 Å². The molecule has 0 fully saturated rings. The van der Waals surface area contributed by atoms with Gasteiger partial charge in [-0.1, -0.05) is 36.4 Å². The lowest BCUT2D eigenvalue weighted by Crippen LogP contribution is -2.39. The Morgan fingerprint density at radius 3 is 2.73 bits per heavy atom. The fraction of sp³-hybridized carbons (Fsp3) is 0.500. The summed E-state index contributed by atoms with van der Waals surface area (Å²) in [6.45, 7) is 4.18. The summed E-state index contributed by atoms with van der Waals surface area (Å²) >= 11 is 5.46. The van der Waals surface area contributed by atoms with Crippen LogP contribution in [0.25, 0.3) is 0 Å². The van der Waals surface area contributed by atoms with Crippen LogP contribution in [0.5, 0.6) is 0 Å². The summed E-state index contributed by atoms with van der Waals surface area (Å²) in [4.78, 5) is 11.8. The highest BCUT2D eigenvalue weighted by Gasteiger charge is 2.18. The zero-order valence-corrected chi connectivity index (χ0v) is 12.3. The van der Waals surface area contributed by atoms with Gasteiger partial charge in [-0.2, -0.15) is 0 Å². The molecule has 5 heteroatoms. The number of furan rings is 1. The normalized spacial score (nSPS) is 12.9. The monoisotopic (exact) mass is 385 g/mol. The molecule has 1 aromatic heterocycles. The number of hydrogen-bond acceptors (Lipinski definition) is 2. The van der Waals surface area contributed by atoms with Gasteiger partial charge in [0.15, 0.2) is 4.67 Å². The summed E-state index contributed by atoms with van der Waals surface area (Å²) < 4.78 is 6.40. The zero-order valence-electron chi connectivity index (χ0n) is 8.59. The first-order valence-corrected chi connectivity index (χ1v) is 6.98. The molecule has 0 saturated heterocycles. The molecule has 0 saturated carbocycles. The van der Waals surface area contributed by atoms with Crippen LogP contribution in [0.2, 0.25) is 0 Å². The van der Waals surface area contributed by atoms with Crippen LogP contribution in [0.15, 0.2) is 21.4 Å². The third-order valence-corrected chi connectivity index (χ3v) is 3.71. The lowest BCUT2D eigenvalue weighted by atomic mass is 10.1. The molecule has 0 aliphatic rings. The number of halogens is 2. The third kappa shape index (κ3) is 3.48. The fourth-order valence-electron chi connectivity index (χ4n) is 1.09. The molecular formula is C10H13BrINO2. The van der Waals surface area contributed by atoms with Gasteiger partial charge >= 0.3 is 0 Å². The van der Waals surface area contributed by atoms with Gasteiger partial charge in [-0.15, -0.1) is 0 Å². The fourth-order valence-corrected chi connectivity index (χ4v) is 2.74. The highest BCUT2D eigenvalue weighted by atomic mass is 127. The molecule has 15 heavy (non-hydrogen) atoms. The van der Waals surface area contributed by atoms with Gasteiger partial charge in [-0.05, 0) is 27.9 Å². The number of alkyl halides is 1. The van der Waals surface area contributed by atoms with Gasteiger partial charge in [0.2, 0.25) is 0 Å². The Morgan fingerprint density at radius 2 is 2.33 bits per heavy atom. The first kappa shape index (κ1) is 13.0. The van der Waals surface area contributed by atoms with Gasteiger partial charge in [0.25, 0.3) is 5.91 Å². The summed E-state index contributed by atoms with van der Waals surface area (Å²) in [6, 6.07) is 1.85. The number of carbonyl (C=O) groups is 1. The van der Waals surface area contributed by atoms with Crippen molar-refractivity contribution in [3.05, 3.63) is 22.6 Å². The van der Waals surface area contributed by atoms with Crippen LogP contribution in [-0.2, 0) is 0 Å². The van der Waals surface area contributed by atoms with Gasteiger partial charge in [-0.25, -0.2) is 0 Å². The minimum atomic E-state index is -0.0917. The largest absolute Gasteiger partial charge is 0.457 e. The van der Waals surface area contributed by atoms with Crippen LogP contribution >= 0.6 is 38.5 Å². The van der Waals surface area contributed by atoms with Crippen molar-refractivity contribution in [2.24, 2.45) is 5.92 Å². The number of hydrogen-bond donors (Lipinski definition) is 1. The summed E-state index contributed by atoms with van der Waals surface area (Å²) in [6.07, 6.45) is 1.49. The first-order valence-electron chi connectivity index (χ1n) is 4.66. The summed E-state index contributed by atoms with van der Waals surface area (Å²) in [5, 5.41) is 2.97. The maximum atomic E-state index is 11.8. The molecule has 84 valence electrons. The van der Waals surface area contributed by atoms with E-state index in [9.17, 15) is 4.79 Å². The van der Waals surface area contributed by atoms with Crippen LogP contribution in [0.4, 0.5) is 0 Å². The van der Waals surface area contributed by atoms with E-state index >= 15 is 0 Å². The van der Waals surface area contributed by atoms with Crippen LogP contribution in [0, 0.1) is 5.92 Å². The van der Waals surface area contributed by atoms with Crippen molar-refractivity contribution < 1.29 is 9.21 Å². The molecular weight excluding hydrogens is 373 g/mol. The molecule has 1 N–H and O–H groups in total. The van der Waals surface area contributed by atoms with E-state index in [4.69, 9.17) is 4.42 Å². The average Bonchev–Trinajstić information content (AvgIpc) is 2.60. The number of carbonyl (C=O) groups excluding carboxylic acids is 1. The lowest BCUT2D eigenvalue weighted by molar-refractivity contribution is 0.0930. The quantitative estimate of drug-likeness (QED) is 0.638. The van der Waals surface area contributed by atoms with Gasteiger partial charge in [0.1, 0.15) is 0 Å². The molecule has 0 aliphatic heterocycles. The summed E-state index contributed by atoms with van der Waals surface area (Å²) in [5.74, 6) is 0.336. The Balaban J connectivity index is 2.67. The first-order chi connectivity index (χ1) is 7.06. The SMILES string of the molecule is CC(C)C(CI)NC(=O)c1ccoc1Br. The van der Waals surface area contributed by atoms with Crippen LogP contribution < -0.4 is 5.32 Å². The number of amides is 1. The van der Waals surface area contributed by atoms with Crippen molar-refractivity contribution in [3.8, 4) is 0 Å². The number of rotatable bonds is 4. The highest BCUT2D eigenvalue weighted by Crippen LogP contribution is 2.18. The maximum absolute atomic E-state index is 11.8. The van der Waals surface area contributed by atoms with E-state index in [2.05, 4.69) is 57.7 Å². The van der Waals surface area contributed by atoms with E-state index in [0.29, 0.717) is 16.2 Å². The van der Waals surface area contributed by atoms with Crippen molar-refractivity contribution in [3.63, 3.8) is 0 Å². The average molecular weight is 386 g/mol. The molecule has 3 nitrogen and oxygen atoms in total. The van der Waals surface area contributed by atoms with Gasteiger partial charge in [0, 0.05) is 10.5 Å². The predicted molar refractivity (Wildman–Crippen MR) is 71.4 cm³/mol. The van der Waals surface area contributed by atoms with Gasteiger partial charge in [0.05, 0.1) is 11.8 Å². The van der Waals surface area contributed by atoms with E-state index < -0.39 is 0 Å². The lowest BCUT2D eigenvalue weighted by Gasteiger charge is -2.19. The molecule has 1 unspecified atom stereocenters. The Hall–Kier alpha value is -0.0400. The topological polar surface area (TPSA) is 42.2 Å². The van der Waals surface area contributed by atoms with Crippen LogP contribution in [0.3, 0.4) is 0 Å². The molecule has 1 rings (SSSR count). The smallest absolute Gasteiger partial charge is 0.256 e. The second kappa shape index (κ2) is 5.89. The predicted octanol–water partition coefficient (Wildman–Crippen LogP) is 3.23. The molecule has 1 atom stereocenters. The molecule has 0 spiro atoms. The van der Waals surface area contributed by atoms with Crippen molar-refractivity contribution in [1.29, 1.82) is 0 Å². The molecule has 1 heterocycles. The van der Waals surface area contributed by atoms with Crippen molar-refractivity contribution >= 4 is 44.4 Å². The van der Waals surface area contributed by atoms with Crippen molar-refractivity contribution in [2.75, 3.05) is 4.43 Å². The molecule has 0 radical (unpaired) electrons. The van der Waals surface area contributed by atoms with E-state index in [1.54, 1.807) is 6.07 Å². The molecule has 0 aliphatic carbocycles. The Kier molecular flexibility index (Phi) is 5.11. The number of nitrogens with one attached hydrogen (secondary N) is 1. The van der Waals surface area contributed by atoms with E-state index in [-0.39, 0.29) is 11.9 Å². The third-order valence-electron chi connectivity index (χ3n) is 2.15. The van der Waals surface area contributed by atoms with Crippen LogP contribution in [0.1, 0.15) is 24.2 Å². The molecule has 0 aromatic carbocycles. The minimum absolute atomic E-state index is 0.0917. The second-order valence-electron chi connectivity index (χ2n) is 3.59. The van der Waals surface area contributed by atoms with E-state index in [0.717, 1.165) is 4.43 Å². The molecule has 1 aromatic rings. The Morgan fingerprint density at radius 1 is 1.67 bits per heavy atom. The Bertz CT molecular complexity index is 338. The standard InChI is InChI=1S/C10H13BrINO2/c1-6(2)8(5-12)13-10(14)7-3-4-15-9(7)11/h3-4,6,8H,5H2,1-2H3,(H,13,14). The highest BCUT2D eigenvalue weighted by molar-refractivity contribution is 14.1. The zero-order chi connectivity index (χ0) is 11.4. The van der Waals surface area contributed by atoms with Crippen molar-refractivity contribution in [2.45, 2.75) is 19.9 Å². The van der Waals surface area contributed by atoms with Crippen molar-refractivity contribution in [1.82, 2.24) is 5.32 Å². The maximum Gasteiger partial charge on any atom is 0.256 e. The Labute approximate surface area is 111 Å². The summed E-state index contributed by atoms with van der Waals surface area (Å²) in [5.41, 5.74) is 0.547. The van der Waals surface area contributed by atoms with Crippen LogP contribution in [-0.4, -0.2) is 16.4 Å². The van der Waals surface area contributed by atoms with E-state index in [1.165, 1.54) is 6.26 Å². The molecule has 1 amide bonds. The van der Waals surface area contributed by atoms with E-state index in [1.807, 2.05) is 0 Å². The minimum Gasteiger partial charge on any atom is -0.457 e. The molecule has 0 bridgehead atoms. The summed E-state index contributed by atoms with van der Waals surface area (Å²) in [7, 11) is 0.